The lowest BCUT2D eigenvalue weighted by Gasteiger charge is -2.26. The minimum Gasteiger partial charge on any atom is -0.355 e. The summed E-state index contributed by atoms with van der Waals surface area (Å²) in [5.74, 6) is 0.115. The molecule has 1 unspecified atom stereocenters. The predicted octanol–water partition coefficient (Wildman–Crippen LogP) is 0.796. The van der Waals surface area contributed by atoms with Crippen molar-refractivity contribution in [3.05, 3.63) is 0 Å². The zero-order valence-corrected chi connectivity index (χ0v) is 9.31. The number of rotatable bonds is 5. The summed E-state index contributed by atoms with van der Waals surface area (Å²) in [6.45, 7) is 4.27. The van der Waals surface area contributed by atoms with Gasteiger partial charge in [0.15, 0.2) is 0 Å². The molecule has 4 heteroatoms. The van der Waals surface area contributed by atoms with Gasteiger partial charge in [0, 0.05) is 13.1 Å². The van der Waals surface area contributed by atoms with Crippen LogP contribution < -0.4 is 10.6 Å². The average molecular weight is 209 g/mol. The Morgan fingerprint density at radius 2 is 2.47 bits per heavy atom. The van der Waals surface area contributed by atoms with E-state index in [-0.39, 0.29) is 11.3 Å². The summed E-state index contributed by atoms with van der Waals surface area (Å²) in [5.41, 5.74) is -0.218. The monoisotopic (exact) mass is 209 g/mol. The molecule has 0 bridgehead atoms. The van der Waals surface area contributed by atoms with E-state index in [0.717, 1.165) is 32.4 Å². The SMILES string of the molecule is CCCC1(C(=O)NCCC#N)CCNC1. The Hall–Kier alpha value is -1.08. The number of nitrogens with zero attached hydrogens (tertiary/aromatic N) is 1. The minimum absolute atomic E-state index is 0.115. The molecular weight excluding hydrogens is 190 g/mol. The first kappa shape index (κ1) is 12.0. The summed E-state index contributed by atoms with van der Waals surface area (Å²) < 4.78 is 0. The van der Waals surface area contributed by atoms with Crippen LogP contribution in [0.5, 0.6) is 0 Å². The van der Waals surface area contributed by atoms with Crippen molar-refractivity contribution in [2.45, 2.75) is 32.6 Å². The van der Waals surface area contributed by atoms with E-state index in [9.17, 15) is 4.79 Å². The summed E-state index contributed by atoms with van der Waals surface area (Å²) in [6.07, 6.45) is 3.26. The van der Waals surface area contributed by atoms with Gasteiger partial charge in [0.1, 0.15) is 0 Å². The fourth-order valence-electron chi connectivity index (χ4n) is 2.16. The normalized spacial score (nSPS) is 24.8. The van der Waals surface area contributed by atoms with E-state index in [1.807, 2.05) is 6.07 Å². The van der Waals surface area contributed by atoms with Crippen LogP contribution in [0.15, 0.2) is 0 Å². The number of carbonyl (C=O) groups is 1. The van der Waals surface area contributed by atoms with E-state index in [1.54, 1.807) is 0 Å². The third-order valence-electron chi connectivity index (χ3n) is 2.98. The van der Waals surface area contributed by atoms with Crippen molar-refractivity contribution >= 4 is 5.91 Å². The molecule has 2 N–H and O–H groups in total. The maximum atomic E-state index is 12.0. The summed E-state index contributed by atoms with van der Waals surface area (Å²) in [7, 11) is 0. The Labute approximate surface area is 91.0 Å². The van der Waals surface area contributed by atoms with Gasteiger partial charge in [-0.05, 0) is 19.4 Å². The molecule has 1 aliphatic heterocycles. The van der Waals surface area contributed by atoms with Gasteiger partial charge in [0.25, 0.3) is 0 Å². The predicted molar refractivity (Wildman–Crippen MR) is 58.1 cm³/mol. The summed E-state index contributed by atoms with van der Waals surface area (Å²) in [5, 5.41) is 14.5. The second-order valence-corrected chi connectivity index (χ2v) is 4.12. The van der Waals surface area contributed by atoms with Gasteiger partial charge in [-0.2, -0.15) is 5.26 Å². The van der Waals surface area contributed by atoms with Gasteiger partial charge in [-0.15, -0.1) is 0 Å². The second-order valence-electron chi connectivity index (χ2n) is 4.12. The standard InChI is InChI=1S/C11H19N3O/c1-2-4-11(5-8-13-9-11)10(15)14-7-3-6-12/h13H,2-5,7-9H2,1H3,(H,14,15). The van der Waals surface area contributed by atoms with Crippen LogP contribution in [0.25, 0.3) is 0 Å². The molecule has 1 fully saturated rings. The van der Waals surface area contributed by atoms with Crippen molar-refractivity contribution in [1.82, 2.24) is 10.6 Å². The Balaban J connectivity index is 2.49. The molecule has 15 heavy (non-hydrogen) atoms. The first-order valence-corrected chi connectivity index (χ1v) is 5.61. The van der Waals surface area contributed by atoms with Gasteiger partial charge >= 0.3 is 0 Å². The number of hydrogen-bond donors (Lipinski definition) is 2. The van der Waals surface area contributed by atoms with Crippen LogP contribution >= 0.6 is 0 Å². The molecule has 0 aromatic rings. The third-order valence-corrected chi connectivity index (χ3v) is 2.98. The first-order chi connectivity index (χ1) is 7.25. The molecule has 1 atom stereocenters. The van der Waals surface area contributed by atoms with Crippen molar-refractivity contribution in [3.63, 3.8) is 0 Å². The number of nitrogens with one attached hydrogen (secondary N) is 2. The largest absolute Gasteiger partial charge is 0.355 e. The number of nitriles is 1. The highest BCUT2D eigenvalue weighted by atomic mass is 16.2. The zero-order valence-electron chi connectivity index (χ0n) is 9.31. The van der Waals surface area contributed by atoms with Crippen LogP contribution in [-0.2, 0) is 4.79 Å². The molecular formula is C11H19N3O. The summed E-state index contributed by atoms with van der Waals surface area (Å²) in [4.78, 5) is 12.0. The van der Waals surface area contributed by atoms with Crippen molar-refractivity contribution in [2.75, 3.05) is 19.6 Å². The van der Waals surface area contributed by atoms with Gasteiger partial charge in [-0.3, -0.25) is 4.79 Å². The molecule has 0 spiro atoms. The molecule has 0 saturated carbocycles. The lowest BCUT2D eigenvalue weighted by molar-refractivity contribution is -0.130. The van der Waals surface area contributed by atoms with Gasteiger partial charge in [-0.1, -0.05) is 13.3 Å². The summed E-state index contributed by atoms with van der Waals surface area (Å²) in [6, 6.07) is 2.03. The number of carbonyl (C=O) groups excluding carboxylic acids is 1. The van der Waals surface area contributed by atoms with E-state index in [1.165, 1.54) is 0 Å². The third kappa shape index (κ3) is 2.93. The van der Waals surface area contributed by atoms with Crippen molar-refractivity contribution in [2.24, 2.45) is 5.41 Å². The Morgan fingerprint density at radius 1 is 1.67 bits per heavy atom. The highest BCUT2D eigenvalue weighted by molar-refractivity contribution is 5.83. The Kier molecular flexibility index (Phi) is 4.57. The molecule has 1 amide bonds. The van der Waals surface area contributed by atoms with Gasteiger partial charge in [0.2, 0.25) is 5.91 Å². The lowest BCUT2D eigenvalue weighted by atomic mass is 9.81. The molecule has 84 valence electrons. The van der Waals surface area contributed by atoms with Crippen molar-refractivity contribution in [1.29, 1.82) is 5.26 Å². The van der Waals surface area contributed by atoms with Crippen LogP contribution in [-0.4, -0.2) is 25.5 Å². The topological polar surface area (TPSA) is 64.9 Å². The zero-order chi connectivity index (χ0) is 11.1. The smallest absolute Gasteiger partial charge is 0.227 e. The van der Waals surface area contributed by atoms with E-state index in [2.05, 4.69) is 17.6 Å². The Bertz CT molecular complexity index is 251. The van der Waals surface area contributed by atoms with E-state index in [4.69, 9.17) is 5.26 Å². The van der Waals surface area contributed by atoms with Crippen LogP contribution in [0.4, 0.5) is 0 Å². The van der Waals surface area contributed by atoms with Gasteiger partial charge < -0.3 is 10.6 Å². The molecule has 0 aromatic heterocycles. The van der Waals surface area contributed by atoms with Crippen molar-refractivity contribution < 1.29 is 4.79 Å². The van der Waals surface area contributed by atoms with Crippen molar-refractivity contribution in [3.8, 4) is 6.07 Å². The fraction of sp³-hybridized carbons (Fsp3) is 0.818. The first-order valence-electron chi connectivity index (χ1n) is 5.61. The van der Waals surface area contributed by atoms with Crippen LogP contribution in [0.3, 0.4) is 0 Å². The maximum Gasteiger partial charge on any atom is 0.227 e. The number of hydrogen-bond acceptors (Lipinski definition) is 3. The molecule has 0 aliphatic carbocycles. The summed E-state index contributed by atoms with van der Waals surface area (Å²) >= 11 is 0. The molecule has 1 rings (SSSR count). The van der Waals surface area contributed by atoms with E-state index in [0.29, 0.717) is 13.0 Å². The molecule has 1 heterocycles. The fourth-order valence-corrected chi connectivity index (χ4v) is 2.16. The van der Waals surface area contributed by atoms with Crippen LogP contribution in [0, 0.1) is 16.7 Å². The van der Waals surface area contributed by atoms with Crippen LogP contribution in [0.2, 0.25) is 0 Å². The number of amides is 1. The quantitative estimate of drug-likeness (QED) is 0.658. The molecule has 4 nitrogen and oxygen atoms in total. The second kappa shape index (κ2) is 5.72. The van der Waals surface area contributed by atoms with E-state index < -0.39 is 0 Å². The van der Waals surface area contributed by atoms with E-state index >= 15 is 0 Å². The maximum absolute atomic E-state index is 12.0. The van der Waals surface area contributed by atoms with Crippen LogP contribution in [0.1, 0.15) is 32.6 Å². The highest BCUT2D eigenvalue weighted by Crippen LogP contribution is 2.31. The van der Waals surface area contributed by atoms with Gasteiger partial charge in [-0.25, -0.2) is 0 Å². The molecule has 1 saturated heterocycles. The minimum atomic E-state index is -0.218. The molecule has 0 aromatic carbocycles. The Morgan fingerprint density at radius 3 is 3.00 bits per heavy atom. The highest BCUT2D eigenvalue weighted by Gasteiger charge is 2.39. The van der Waals surface area contributed by atoms with Gasteiger partial charge in [0.05, 0.1) is 17.9 Å². The average Bonchev–Trinajstić information content (AvgIpc) is 2.68. The molecule has 1 aliphatic rings. The molecule has 0 radical (unpaired) electrons. The lowest BCUT2D eigenvalue weighted by Crippen LogP contribution is -2.42.